The number of nitrogens with one attached hydrogen (secondary N) is 1. The van der Waals surface area contributed by atoms with Gasteiger partial charge >= 0.3 is 0 Å². The number of hydrogen-bond donors (Lipinski definition) is 2. The molecule has 0 spiro atoms. The predicted molar refractivity (Wildman–Crippen MR) is 84.9 cm³/mol. The van der Waals surface area contributed by atoms with Gasteiger partial charge < -0.3 is 11.1 Å². The Morgan fingerprint density at radius 2 is 2.00 bits per heavy atom. The van der Waals surface area contributed by atoms with Crippen molar-refractivity contribution in [3.05, 3.63) is 0 Å². The average molecular weight is 304 g/mol. The van der Waals surface area contributed by atoms with Crippen LogP contribution in [0.3, 0.4) is 0 Å². The van der Waals surface area contributed by atoms with Gasteiger partial charge in [0.2, 0.25) is 5.91 Å². The molecule has 1 aliphatic heterocycles. The molecule has 0 aromatic heterocycles. The molecule has 2 fully saturated rings. The minimum atomic E-state index is 0. The first-order valence-electron chi connectivity index (χ1n) is 7.74. The van der Waals surface area contributed by atoms with Gasteiger partial charge in [-0.15, -0.1) is 12.4 Å². The summed E-state index contributed by atoms with van der Waals surface area (Å²) in [5.41, 5.74) is 6.21. The fraction of sp³-hybridized carbons (Fsp3) is 0.933. The Hall–Kier alpha value is -0.320. The molecular formula is C15H30ClN3O. The summed E-state index contributed by atoms with van der Waals surface area (Å²) in [6.45, 7) is 8.94. The van der Waals surface area contributed by atoms with Crippen molar-refractivity contribution in [3.8, 4) is 0 Å². The Morgan fingerprint density at radius 1 is 1.30 bits per heavy atom. The van der Waals surface area contributed by atoms with E-state index in [9.17, 15) is 4.79 Å². The normalized spacial score (nSPS) is 31.6. The Balaban J connectivity index is 0.00000200. The predicted octanol–water partition coefficient (Wildman–Crippen LogP) is 1.63. The number of rotatable bonds is 4. The van der Waals surface area contributed by atoms with Crippen LogP contribution < -0.4 is 11.1 Å². The fourth-order valence-corrected chi connectivity index (χ4v) is 3.41. The first-order chi connectivity index (χ1) is 8.97. The van der Waals surface area contributed by atoms with Crippen molar-refractivity contribution in [2.24, 2.45) is 23.5 Å². The van der Waals surface area contributed by atoms with Crippen molar-refractivity contribution in [2.45, 2.75) is 52.1 Å². The van der Waals surface area contributed by atoms with E-state index in [4.69, 9.17) is 5.73 Å². The van der Waals surface area contributed by atoms with Crippen LogP contribution in [0.15, 0.2) is 0 Å². The lowest BCUT2D eigenvalue weighted by Crippen LogP contribution is -2.42. The Labute approximate surface area is 129 Å². The van der Waals surface area contributed by atoms with Gasteiger partial charge in [0, 0.05) is 25.2 Å². The highest BCUT2D eigenvalue weighted by Gasteiger charge is 2.39. The quantitative estimate of drug-likeness (QED) is 0.830. The maximum Gasteiger partial charge on any atom is 0.234 e. The van der Waals surface area contributed by atoms with Crippen LogP contribution in [-0.2, 0) is 4.79 Å². The number of carbonyl (C=O) groups is 1. The van der Waals surface area contributed by atoms with Crippen LogP contribution in [0.25, 0.3) is 0 Å². The van der Waals surface area contributed by atoms with Crippen molar-refractivity contribution in [1.82, 2.24) is 10.2 Å². The zero-order chi connectivity index (χ0) is 14.0. The lowest BCUT2D eigenvalue weighted by atomic mass is 9.78. The summed E-state index contributed by atoms with van der Waals surface area (Å²) in [4.78, 5) is 14.3. The number of fused-ring (bicyclic) bond motifs is 1. The fourth-order valence-electron chi connectivity index (χ4n) is 3.41. The van der Waals surface area contributed by atoms with E-state index in [0.717, 1.165) is 25.4 Å². The van der Waals surface area contributed by atoms with Crippen molar-refractivity contribution in [2.75, 3.05) is 19.6 Å². The summed E-state index contributed by atoms with van der Waals surface area (Å²) in [5.74, 6) is 1.98. The van der Waals surface area contributed by atoms with Crippen molar-refractivity contribution in [1.29, 1.82) is 0 Å². The van der Waals surface area contributed by atoms with Gasteiger partial charge in [0.1, 0.15) is 0 Å². The van der Waals surface area contributed by atoms with Crippen LogP contribution in [0, 0.1) is 17.8 Å². The summed E-state index contributed by atoms with van der Waals surface area (Å²) in [5, 5.41) is 3.09. The third-order valence-electron chi connectivity index (χ3n) is 4.99. The highest BCUT2D eigenvalue weighted by atomic mass is 35.5. The monoisotopic (exact) mass is 303 g/mol. The largest absolute Gasteiger partial charge is 0.352 e. The van der Waals surface area contributed by atoms with E-state index < -0.39 is 0 Å². The van der Waals surface area contributed by atoms with E-state index in [1.807, 2.05) is 0 Å². The van der Waals surface area contributed by atoms with E-state index in [1.54, 1.807) is 0 Å². The van der Waals surface area contributed by atoms with Gasteiger partial charge in [-0.2, -0.15) is 0 Å². The lowest BCUT2D eigenvalue weighted by Gasteiger charge is -2.29. The molecule has 1 saturated carbocycles. The molecule has 4 unspecified atom stereocenters. The maximum absolute atomic E-state index is 12.0. The molecule has 0 aromatic carbocycles. The zero-order valence-corrected chi connectivity index (χ0v) is 13.8. The van der Waals surface area contributed by atoms with Crippen LogP contribution in [0.5, 0.6) is 0 Å². The third kappa shape index (κ3) is 4.34. The van der Waals surface area contributed by atoms with E-state index in [-0.39, 0.29) is 24.4 Å². The minimum Gasteiger partial charge on any atom is -0.352 e. The molecule has 0 radical (unpaired) electrons. The van der Waals surface area contributed by atoms with Crippen LogP contribution in [-0.4, -0.2) is 42.5 Å². The van der Waals surface area contributed by atoms with Crippen LogP contribution in [0.4, 0.5) is 0 Å². The van der Waals surface area contributed by atoms with Crippen LogP contribution >= 0.6 is 12.4 Å². The molecule has 4 nitrogen and oxygen atoms in total. The van der Waals surface area contributed by atoms with Gasteiger partial charge in [0.15, 0.2) is 0 Å². The smallest absolute Gasteiger partial charge is 0.234 e. The number of nitrogens with zero attached hydrogens (tertiary/aromatic N) is 1. The summed E-state index contributed by atoms with van der Waals surface area (Å²) in [6.07, 6.45) is 3.71. The SMILES string of the molecule is CC(C)C(C)NC(=O)CN1CC2CCCC(N)C2C1.Cl. The van der Waals surface area contributed by atoms with Gasteiger partial charge in [-0.3, -0.25) is 9.69 Å². The molecule has 4 atom stereocenters. The molecule has 5 heteroatoms. The standard InChI is InChI=1S/C15H29N3O.ClH/c1-10(2)11(3)17-15(19)9-18-7-12-5-4-6-14(16)13(12)8-18;/h10-14H,4-9,16H2,1-3H3,(H,17,19);1H. The molecule has 0 aromatic rings. The van der Waals surface area contributed by atoms with Crippen molar-refractivity contribution < 1.29 is 4.79 Å². The number of halogens is 1. The average Bonchev–Trinajstić information content (AvgIpc) is 2.72. The van der Waals surface area contributed by atoms with E-state index in [0.29, 0.717) is 24.4 Å². The Kier molecular flexibility index (Phi) is 6.76. The lowest BCUT2D eigenvalue weighted by molar-refractivity contribution is -0.122. The van der Waals surface area contributed by atoms with E-state index >= 15 is 0 Å². The molecule has 1 amide bonds. The molecule has 0 bridgehead atoms. The summed E-state index contributed by atoms with van der Waals surface area (Å²) >= 11 is 0. The van der Waals surface area contributed by atoms with Gasteiger partial charge in [-0.25, -0.2) is 0 Å². The second-order valence-electron chi connectivity index (χ2n) is 6.81. The third-order valence-corrected chi connectivity index (χ3v) is 4.99. The first kappa shape index (κ1) is 17.7. The van der Waals surface area contributed by atoms with E-state index in [1.165, 1.54) is 12.8 Å². The molecule has 2 rings (SSSR count). The van der Waals surface area contributed by atoms with Crippen LogP contribution in [0.1, 0.15) is 40.0 Å². The van der Waals surface area contributed by atoms with E-state index in [2.05, 4.69) is 31.0 Å². The Bertz CT molecular complexity index is 324. The molecule has 118 valence electrons. The number of likely N-dealkylation sites (tertiary alicyclic amines) is 1. The molecular weight excluding hydrogens is 274 g/mol. The Morgan fingerprint density at radius 3 is 2.60 bits per heavy atom. The van der Waals surface area contributed by atoms with Gasteiger partial charge in [0.05, 0.1) is 6.54 Å². The molecule has 3 N–H and O–H groups in total. The molecule has 2 aliphatic rings. The summed E-state index contributed by atoms with van der Waals surface area (Å²) < 4.78 is 0. The molecule has 1 saturated heterocycles. The number of amides is 1. The molecule has 1 heterocycles. The van der Waals surface area contributed by atoms with Crippen LogP contribution in [0.2, 0.25) is 0 Å². The van der Waals surface area contributed by atoms with Gasteiger partial charge in [-0.05, 0) is 37.5 Å². The molecule has 20 heavy (non-hydrogen) atoms. The van der Waals surface area contributed by atoms with Crippen molar-refractivity contribution >= 4 is 18.3 Å². The summed E-state index contributed by atoms with van der Waals surface area (Å²) in [7, 11) is 0. The highest BCUT2D eigenvalue weighted by Crippen LogP contribution is 2.35. The van der Waals surface area contributed by atoms with Crippen molar-refractivity contribution in [3.63, 3.8) is 0 Å². The minimum absolute atomic E-state index is 0. The summed E-state index contributed by atoms with van der Waals surface area (Å²) in [6, 6.07) is 0.598. The zero-order valence-electron chi connectivity index (χ0n) is 13.0. The first-order valence-corrected chi connectivity index (χ1v) is 7.74. The molecule has 1 aliphatic carbocycles. The number of nitrogens with two attached hydrogens (primary N) is 1. The second kappa shape index (κ2) is 7.62. The second-order valence-corrected chi connectivity index (χ2v) is 6.81. The number of hydrogen-bond acceptors (Lipinski definition) is 3. The topological polar surface area (TPSA) is 58.4 Å². The van der Waals surface area contributed by atoms with Gasteiger partial charge in [-0.1, -0.05) is 20.3 Å². The van der Waals surface area contributed by atoms with Gasteiger partial charge in [0.25, 0.3) is 0 Å². The maximum atomic E-state index is 12.0. The number of carbonyl (C=O) groups excluding carboxylic acids is 1. The highest BCUT2D eigenvalue weighted by molar-refractivity contribution is 5.85.